The van der Waals surface area contributed by atoms with Gasteiger partial charge in [0.1, 0.15) is 24.7 Å². The molecule has 2 aromatic rings. The summed E-state index contributed by atoms with van der Waals surface area (Å²) in [5, 5.41) is 0. The summed E-state index contributed by atoms with van der Waals surface area (Å²) in [6, 6.07) is 8.67. The number of thioether (sulfide) groups is 1. The lowest BCUT2D eigenvalue weighted by Gasteiger charge is -2.30. The predicted molar refractivity (Wildman–Crippen MR) is 197 cm³/mol. The van der Waals surface area contributed by atoms with Gasteiger partial charge in [-0.15, -0.1) is 0 Å². The summed E-state index contributed by atoms with van der Waals surface area (Å²) in [4.78, 5) is 25.1. The molecule has 0 unspecified atom stereocenters. The number of carbonyl (C=O) groups excluding carboxylic acids is 2. The third kappa shape index (κ3) is 12.4. The molecule has 264 valence electrons. The lowest BCUT2D eigenvalue weighted by molar-refractivity contribution is -0.143. The van der Waals surface area contributed by atoms with Gasteiger partial charge in [-0.2, -0.15) is 11.8 Å². The zero-order chi connectivity index (χ0) is 35.8. The highest BCUT2D eigenvalue weighted by Crippen LogP contribution is 2.42. The highest BCUT2D eigenvalue weighted by Gasteiger charge is 2.29. The number of hydrogen-bond donors (Lipinski definition) is 0. The third-order valence-electron chi connectivity index (χ3n) is 8.15. The molecule has 0 aromatic heterocycles. The van der Waals surface area contributed by atoms with E-state index in [0.29, 0.717) is 50.4 Å². The summed E-state index contributed by atoms with van der Waals surface area (Å²) in [6.07, 6.45) is 1.88. The number of ether oxygens (including phenoxy) is 4. The number of methoxy groups -OCH3 is 2. The number of esters is 2. The van der Waals surface area contributed by atoms with Crippen LogP contribution in [0.3, 0.4) is 0 Å². The van der Waals surface area contributed by atoms with Crippen LogP contribution in [-0.2, 0) is 53.6 Å². The summed E-state index contributed by atoms with van der Waals surface area (Å²) in [6.45, 7) is 26.9. The molecule has 0 N–H and O–H groups in total. The Morgan fingerprint density at radius 3 is 1.04 bits per heavy atom. The van der Waals surface area contributed by atoms with E-state index in [0.717, 1.165) is 44.9 Å². The summed E-state index contributed by atoms with van der Waals surface area (Å²) in [5.41, 5.74) is 6.49. The zero-order valence-corrected chi connectivity index (χ0v) is 32.6. The Bertz CT molecular complexity index is 1180. The molecule has 0 saturated heterocycles. The molecule has 0 fully saturated rings. The first-order valence-corrected chi connectivity index (χ1v) is 18.1. The molecule has 0 aliphatic carbocycles. The molecule has 0 aliphatic rings. The minimum absolute atomic E-state index is 0.0870. The molecule has 2 rings (SSSR count). The van der Waals surface area contributed by atoms with Crippen molar-refractivity contribution >= 4 is 23.7 Å². The fraction of sp³-hybridized carbons (Fsp3) is 0.650. The van der Waals surface area contributed by atoms with Crippen molar-refractivity contribution < 1.29 is 28.5 Å². The molecule has 0 spiro atoms. The molecule has 2 aromatic carbocycles. The molecule has 7 heteroatoms. The van der Waals surface area contributed by atoms with Crippen molar-refractivity contribution in [3.05, 3.63) is 57.6 Å². The Kier molecular flexibility index (Phi) is 14.3. The fourth-order valence-electron chi connectivity index (χ4n) is 5.50. The van der Waals surface area contributed by atoms with Gasteiger partial charge in [0.15, 0.2) is 0 Å². The van der Waals surface area contributed by atoms with E-state index in [1.54, 1.807) is 26.0 Å². The fourth-order valence-corrected chi connectivity index (χ4v) is 6.11. The largest absolute Gasteiger partial charge is 0.496 e. The second-order valence-electron chi connectivity index (χ2n) is 16.5. The molecule has 0 aliphatic heterocycles. The highest BCUT2D eigenvalue weighted by molar-refractivity contribution is 7.99. The SMILES string of the molecule is COc1c(C(C)(C)C)cc(CCC(=O)OCCSCCOC(=O)CCc2cc(C(C)(C)C)c(OC)c(C(C)(C)C)c2)cc1C(C)(C)C. The van der Waals surface area contributed by atoms with Gasteiger partial charge in [0.2, 0.25) is 0 Å². The molecule has 0 amide bonds. The number of hydrogen-bond acceptors (Lipinski definition) is 7. The molecule has 0 radical (unpaired) electrons. The van der Waals surface area contributed by atoms with Crippen molar-refractivity contribution in [2.24, 2.45) is 0 Å². The van der Waals surface area contributed by atoms with E-state index in [2.05, 4.69) is 107 Å². The number of benzene rings is 2. The van der Waals surface area contributed by atoms with Crippen LogP contribution >= 0.6 is 11.8 Å². The Morgan fingerprint density at radius 1 is 0.532 bits per heavy atom. The number of carbonyl (C=O) groups is 2. The highest BCUT2D eigenvalue weighted by atomic mass is 32.2. The van der Waals surface area contributed by atoms with Gasteiger partial charge in [0.05, 0.1) is 14.2 Å². The van der Waals surface area contributed by atoms with E-state index in [1.807, 2.05) is 0 Å². The standard InChI is InChI=1S/C40H62O6S/c1-37(2,3)29-23-27(24-30(35(29)43-13)38(4,5)6)15-17-33(41)45-19-21-47-22-20-46-34(42)18-16-28-25-31(39(7,8)9)36(44-14)32(26-28)40(10,11)12/h23-26H,15-22H2,1-14H3. The monoisotopic (exact) mass is 670 g/mol. The Morgan fingerprint density at radius 2 is 0.809 bits per heavy atom. The quantitative estimate of drug-likeness (QED) is 0.147. The van der Waals surface area contributed by atoms with Crippen LogP contribution in [-0.4, -0.2) is 50.9 Å². The van der Waals surface area contributed by atoms with Crippen LogP contribution in [0, 0.1) is 0 Å². The smallest absolute Gasteiger partial charge is 0.306 e. The van der Waals surface area contributed by atoms with Gasteiger partial charge < -0.3 is 18.9 Å². The number of rotatable bonds is 14. The maximum Gasteiger partial charge on any atom is 0.306 e. The van der Waals surface area contributed by atoms with E-state index in [-0.39, 0.29) is 33.6 Å². The van der Waals surface area contributed by atoms with Crippen molar-refractivity contribution in [2.75, 3.05) is 38.9 Å². The first-order chi connectivity index (χ1) is 21.6. The zero-order valence-electron chi connectivity index (χ0n) is 31.8. The normalized spacial score (nSPS) is 12.6. The average Bonchev–Trinajstić information content (AvgIpc) is 2.95. The summed E-state index contributed by atoms with van der Waals surface area (Å²) in [7, 11) is 3.46. The maximum absolute atomic E-state index is 12.5. The molecule has 0 bridgehead atoms. The van der Waals surface area contributed by atoms with E-state index < -0.39 is 0 Å². The van der Waals surface area contributed by atoms with Crippen LogP contribution in [0.5, 0.6) is 11.5 Å². The second-order valence-corrected chi connectivity index (χ2v) is 17.7. The van der Waals surface area contributed by atoms with E-state index in [9.17, 15) is 9.59 Å². The Balaban J connectivity index is 1.79. The maximum atomic E-state index is 12.5. The van der Waals surface area contributed by atoms with Crippen LogP contribution in [0.15, 0.2) is 24.3 Å². The first kappa shape index (κ1) is 40.5. The Labute approximate surface area is 290 Å². The van der Waals surface area contributed by atoms with Gasteiger partial charge in [0.25, 0.3) is 0 Å². The van der Waals surface area contributed by atoms with Crippen LogP contribution in [0.25, 0.3) is 0 Å². The topological polar surface area (TPSA) is 71.1 Å². The minimum Gasteiger partial charge on any atom is -0.496 e. The van der Waals surface area contributed by atoms with Crippen molar-refractivity contribution in [1.29, 1.82) is 0 Å². The minimum atomic E-state index is -0.203. The molecular formula is C40H62O6S. The van der Waals surface area contributed by atoms with Crippen LogP contribution in [0.4, 0.5) is 0 Å². The predicted octanol–water partition coefficient (Wildman–Crippen LogP) is 9.28. The van der Waals surface area contributed by atoms with Gasteiger partial charge in [-0.05, 0) is 45.6 Å². The third-order valence-corrected chi connectivity index (χ3v) is 9.07. The summed E-state index contributed by atoms with van der Waals surface area (Å²) in [5.74, 6) is 2.77. The van der Waals surface area contributed by atoms with Crippen LogP contribution in [0.1, 0.15) is 129 Å². The van der Waals surface area contributed by atoms with Crippen molar-refractivity contribution in [2.45, 2.75) is 130 Å². The molecule has 0 saturated carbocycles. The molecular weight excluding hydrogens is 609 g/mol. The number of aryl methyl sites for hydroxylation is 2. The second kappa shape index (κ2) is 16.6. The first-order valence-electron chi connectivity index (χ1n) is 16.9. The van der Waals surface area contributed by atoms with Gasteiger partial charge in [-0.1, -0.05) is 107 Å². The average molecular weight is 671 g/mol. The van der Waals surface area contributed by atoms with Gasteiger partial charge >= 0.3 is 11.9 Å². The van der Waals surface area contributed by atoms with Crippen molar-refractivity contribution in [3.8, 4) is 11.5 Å². The molecule has 47 heavy (non-hydrogen) atoms. The van der Waals surface area contributed by atoms with Gasteiger partial charge in [-0.3, -0.25) is 9.59 Å². The van der Waals surface area contributed by atoms with Gasteiger partial charge in [-0.25, -0.2) is 0 Å². The summed E-state index contributed by atoms with van der Waals surface area (Å²) < 4.78 is 22.7. The van der Waals surface area contributed by atoms with E-state index in [4.69, 9.17) is 18.9 Å². The molecule has 0 heterocycles. The Hall–Kier alpha value is -2.67. The summed E-state index contributed by atoms with van der Waals surface area (Å²) >= 11 is 1.61. The molecule has 6 nitrogen and oxygen atoms in total. The van der Waals surface area contributed by atoms with Crippen LogP contribution in [0.2, 0.25) is 0 Å². The van der Waals surface area contributed by atoms with Crippen molar-refractivity contribution in [1.82, 2.24) is 0 Å². The molecule has 0 atom stereocenters. The lowest BCUT2D eigenvalue weighted by atomic mass is 9.78. The van der Waals surface area contributed by atoms with Crippen molar-refractivity contribution in [3.63, 3.8) is 0 Å². The van der Waals surface area contributed by atoms with E-state index >= 15 is 0 Å². The van der Waals surface area contributed by atoms with Gasteiger partial charge in [0, 0.05) is 46.6 Å². The van der Waals surface area contributed by atoms with Crippen LogP contribution < -0.4 is 9.47 Å². The lowest BCUT2D eigenvalue weighted by Crippen LogP contribution is -2.20. The van der Waals surface area contributed by atoms with E-state index in [1.165, 1.54) is 0 Å².